The van der Waals surface area contributed by atoms with Crippen molar-refractivity contribution >= 4 is 17.6 Å². The van der Waals surface area contributed by atoms with Gasteiger partial charge in [-0.1, -0.05) is 26.0 Å². The van der Waals surface area contributed by atoms with E-state index in [0.29, 0.717) is 18.5 Å². The second-order valence-corrected chi connectivity index (χ2v) is 6.02. The summed E-state index contributed by atoms with van der Waals surface area (Å²) in [6.45, 7) is 4.46. The summed E-state index contributed by atoms with van der Waals surface area (Å²) >= 11 is 0. The lowest BCUT2D eigenvalue weighted by Crippen LogP contribution is -2.35. The molecule has 0 aromatic heterocycles. The predicted octanol–water partition coefficient (Wildman–Crippen LogP) is 2.58. The molecule has 1 aromatic carbocycles. The van der Waals surface area contributed by atoms with E-state index in [1.54, 1.807) is 0 Å². The van der Waals surface area contributed by atoms with Crippen molar-refractivity contribution in [3.63, 3.8) is 0 Å². The number of guanidine groups is 1. The zero-order valence-corrected chi connectivity index (χ0v) is 13.7. The van der Waals surface area contributed by atoms with Gasteiger partial charge in [-0.05, 0) is 37.0 Å². The van der Waals surface area contributed by atoms with Gasteiger partial charge in [-0.3, -0.25) is 4.79 Å². The molecule has 1 saturated carbocycles. The van der Waals surface area contributed by atoms with Gasteiger partial charge in [0.2, 0.25) is 5.91 Å². The monoisotopic (exact) mass is 302 g/mol. The fraction of sp³-hybridized carbons (Fsp3) is 0.529. The van der Waals surface area contributed by atoms with Gasteiger partial charge in [-0.25, -0.2) is 4.99 Å². The zero-order chi connectivity index (χ0) is 16.1. The van der Waals surface area contributed by atoms with E-state index in [1.165, 1.54) is 12.8 Å². The summed E-state index contributed by atoms with van der Waals surface area (Å²) in [4.78, 5) is 18.4. The van der Waals surface area contributed by atoms with Gasteiger partial charge in [0.25, 0.3) is 0 Å². The highest BCUT2D eigenvalue weighted by Gasteiger charge is 2.27. The topological polar surface area (TPSA) is 70.7 Å². The number of aliphatic imine (C=N–C) groups is 1. The number of carbonyl (C=O) groups is 1. The molecule has 1 aliphatic carbocycles. The van der Waals surface area contributed by atoms with Crippen molar-refractivity contribution < 1.29 is 4.79 Å². The van der Waals surface area contributed by atoms with Crippen LogP contribution in [0.1, 0.15) is 38.7 Å². The first kappa shape index (κ1) is 16.3. The number of carbonyl (C=O) groups excluding carboxylic acids is 1. The van der Waals surface area contributed by atoms with E-state index in [4.69, 9.17) is 5.73 Å². The Labute approximate surface area is 132 Å². The van der Waals surface area contributed by atoms with Gasteiger partial charge >= 0.3 is 0 Å². The first-order valence-electron chi connectivity index (χ1n) is 7.93. The number of hydrogen-bond donors (Lipinski definition) is 2. The number of nitrogens with two attached hydrogens (primary N) is 1. The van der Waals surface area contributed by atoms with Crippen LogP contribution in [0.25, 0.3) is 0 Å². The molecule has 0 spiro atoms. The van der Waals surface area contributed by atoms with Crippen LogP contribution >= 0.6 is 0 Å². The highest BCUT2D eigenvalue weighted by Crippen LogP contribution is 2.25. The molecule has 1 aromatic rings. The fourth-order valence-corrected chi connectivity index (χ4v) is 2.13. The first-order valence-corrected chi connectivity index (χ1v) is 7.93. The maximum absolute atomic E-state index is 11.9. The molecule has 22 heavy (non-hydrogen) atoms. The third-order valence-electron chi connectivity index (χ3n) is 4.13. The molecular weight excluding hydrogens is 276 g/mol. The number of amides is 1. The molecular formula is C17H26N4O. The smallest absolute Gasteiger partial charge is 0.227 e. The standard InChI is InChI=1S/C17H26N4O/c1-4-12(2)16(22)20-14-7-5-6-13(10-14)11-19-17(18)21(3)15-8-9-15/h5-7,10,12,15H,4,8-9,11H2,1-3H3,(H2,18,19)(H,20,22). The van der Waals surface area contributed by atoms with Crippen molar-refractivity contribution in [1.29, 1.82) is 0 Å². The van der Waals surface area contributed by atoms with Crippen molar-refractivity contribution in [2.24, 2.45) is 16.6 Å². The first-order chi connectivity index (χ1) is 10.5. The summed E-state index contributed by atoms with van der Waals surface area (Å²) in [5, 5.41) is 2.94. The molecule has 0 heterocycles. The third kappa shape index (κ3) is 4.48. The van der Waals surface area contributed by atoms with Gasteiger partial charge in [0.05, 0.1) is 6.54 Å². The average molecular weight is 302 g/mol. The Morgan fingerprint density at radius 1 is 1.50 bits per heavy atom. The average Bonchev–Trinajstić information content (AvgIpc) is 3.36. The van der Waals surface area contributed by atoms with Crippen molar-refractivity contribution in [3.05, 3.63) is 29.8 Å². The lowest BCUT2D eigenvalue weighted by Gasteiger charge is -2.17. The second kappa shape index (κ2) is 7.29. The molecule has 0 bridgehead atoms. The summed E-state index contributed by atoms with van der Waals surface area (Å²) in [5.74, 6) is 0.650. The summed E-state index contributed by atoms with van der Waals surface area (Å²) in [6.07, 6.45) is 3.23. The number of nitrogens with one attached hydrogen (secondary N) is 1. The highest BCUT2D eigenvalue weighted by atomic mass is 16.1. The molecule has 0 radical (unpaired) electrons. The number of anilines is 1. The number of rotatable bonds is 6. The lowest BCUT2D eigenvalue weighted by atomic mass is 10.1. The Morgan fingerprint density at radius 3 is 2.86 bits per heavy atom. The molecule has 3 N–H and O–H groups in total. The van der Waals surface area contributed by atoms with E-state index < -0.39 is 0 Å². The minimum Gasteiger partial charge on any atom is -0.370 e. The van der Waals surface area contributed by atoms with Crippen molar-refractivity contribution in [2.75, 3.05) is 12.4 Å². The Morgan fingerprint density at radius 2 is 2.23 bits per heavy atom. The quantitative estimate of drug-likeness (QED) is 0.627. The molecule has 1 fully saturated rings. The summed E-state index contributed by atoms with van der Waals surface area (Å²) in [6, 6.07) is 8.33. The normalized spacial score (nSPS) is 16.2. The van der Waals surface area contributed by atoms with E-state index in [2.05, 4.69) is 10.3 Å². The van der Waals surface area contributed by atoms with E-state index in [1.807, 2.05) is 50.1 Å². The van der Waals surface area contributed by atoms with Crippen LogP contribution in [0.15, 0.2) is 29.3 Å². The number of hydrogen-bond acceptors (Lipinski definition) is 2. The van der Waals surface area contributed by atoms with Crippen LogP contribution in [-0.4, -0.2) is 29.9 Å². The zero-order valence-electron chi connectivity index (χ0n) is 13.7. The van der Waals surface area contributed by atoms with Crippen LogP contribution in [0.4, 0.5) is 5.69 Å². The van der Waals surface area contributed by atoms with Crippen LogP contribution in [0.5, 0.6) is 0 Å². The molecule has 0 aliphatic heterocycles. The van der Waals surface area contributed by atoms with Crippen LogP contribution in [0.2, 0.25) is 0 Å². The van der Waals surface area contributed by atoms with Crippen LogP contribution < -0.4 is 11.1 Å². The van der Waals surface area contributed by atoms with Crippen molar-refractivity contribution in [2.45, 2.75) is 45.7 Å². The van der Waals surface area contributed by atoms with E-state index in [9.17, 15) is 4.79 Å². The molecule has 2 rings (SSSR count). The van der Waals surface area contributed by atoms with Gasteiger partial charge in [0, 0.05) is 24.7 Å². The van der Waals surface area contributed by atoms with Crippen LogP contribution in [0, 0.1) is 5.92 Å². The van der Waals surface area contributed by atoms with E-state index in [0.717, 1.165) is 17.7 Å². The lowest BCUT2D eigenvalue weighted by molar-refractivity contribution is -0.119. The molecule has 1 atom stereocenters. The molecule has 120 valence electrons. The van der Waals surface area contributed by atoms with Crippen molar-refractivity contribution in [3.8, 4) is 0 Å². The molecule has 5 heteroatoms. The molecule has 1 aliphatic rings. The molecule has 1 unspecified atom stereocenters. The van der Waals surface area contributed by atoms with Gasteiger partial charge in [-0.15, -0.1) is 0 Å². The van der Waals surface area contributed by atoms with Crippen molar-refractivity contribution in [1.82, 2.24) is 4.90 Å². The van der Waals surface area contributed by atoms with E-state index in [-0.39, 0.29) is 11.8 Å². The second-order valence-electron chi connectivity index (χ2n) is 6.02. The predicted molar refractivity (Wildman–Crippen MR) is 90.6 cm³/mol. The Hall–Kier alpha value is -2.04. The Kier molecular flexibility index (Phi) is 5.41. The van der Waals surface area contributed by atoms with Gasteiger partial charge < -0.3 is 16.0 Å². The SMILES string of the molecule is CCC(C)C(=O)Nc1cccc(CN=C(N)N(C)C2CC2)c1. The Bertz CT molecular complexity index is 551. The fourth-order valence-electron chi connectivity index (χ4n) is 2.13. The molecule has 0 saturated heterocycles. The maximum Gasteiger partial charge on any atom is 0.227 e. The third-order valence-corrected chi connectivity index (χ3v) is 4.13. The molecule has 1 amide bonds. The molecule has 5 nitrogen and oxygen atoms in total. The minimum atomic E-state index is 0.0181. The highest BCUT2D eigenvalue weighted by molar-refractivity contribution is 5.92. The number of nitrogens with zero attached hydrogens (tertiary/aromatic N) is 2. The van der Waals surface area contributed by atoms with E-state index >= 15 is 0 Å². The largest absolute Gasteiger partial charge is 0.370 e. The summed E-state index contributed by atoms with van der Waals surface area (Å²) in [7, 11) is 1.99. The maximum atomic E-state index is 11.9. The summed E-state index contributed by atoms with van der Waals surface area (Å²) in [5.41, 5.74) is 7.84. The number of benzene rings is 1. The van der Waals surface area contributed by atoms with Gasteiger partial charge in [0.1, 0.15) is 0 Å². The minimum absolute atomic E-state index is 0.0181. The summed E-state index contributed by atoms with van der Waals surface area (Å²) < 4.78 is 0. The Balaban J connectivity index is 1.96. The van der Waals surface area contributed by atoms with Crippen LogP contribution in [-0.2, 0) is 11.3 Å². The van der Waals surface area contributed by atoms with Gasteiger partial charge in [0.15, 0.2) is 5.96 Å². The van der Waals surface area contributed by atoms with Crippen LogP contribution in [0.3, 0.4) is 0 Å². The van der Waals surface area contributed by atoms with Gasteiger partial charge in [-0.2, -0.15) is 0 Å².